The summed E-state index contributed by atoms with van der Waals surface area (Å²) in [6.45, 7) is 6.43. The van der Waals surface area contributed by atoms with Gasteiger partial charge in [-0.25, -0.2) is 0 Å². The average molecular weight is 423 g/mol. The largest absolute Gasteiger partial charge is 0.490 e. The van der Waals surface area contributed by atoms with Crippen molar-refractivity contribution in [2.24, 2.45) is 0 Å². The van der Waals surface area contributed by atoms with Crippen LogP contribution in [0.25, 0.3) is 6.08 Å². The normalized spacial score (nSPS) is 13.8. The maximum absolute atomic E-state index is 12.9. The molecule has 1 saturated heterocycles. The Labute approximate surface area is 183 Å². The molecule has 1 heterocycles. The number of anilines is 1. The summed E-state index contributed by atoms with van der Waals surface area (Å²) in [5.41, 5.74) is 1.86. The first kappa shape index (κ1) is 22.4. The first-order valence-electron chi connectivity index (χ1n) is 10.9. The van der Waals surface area contributed by atoms with Crippen LogP contribution in [-0.2, 0) is 4.79 Å². The van der Waals surface area contributed by atoms with Crippen molar-refractivity contribution in [2.45, 2.75) is 33.1 Å². The van der Waals surface area contributed by atoms with Crippen LogP contribution in [0.4, 0.5) is 5.69 Å². The summed E-state index contributed by atoms with van der Waals surface area (Å²) < 4.78 is 11.2. The Kier molecular flexibility index (Phi) is 8.10. The van der Waals surface area contributed by atoms with Crippen molar-refractivity contribution >= 4 is 23.6 Å². The number of hydrogen-bond donors (Lipinski definition) is 1. The predicted octanol–water partition coefficient (Wildman–Crippen LogP) is 4.76. The molecule has 0 saturated carbocycles. The summed E-state index contributed by atoms with van der Waals surface area (Å²) in [5.74, 6) is 0.985. The van der Waals surface area contributed by atoms with Crippen LogP contribution in [0.5, 0.6) is 11.5 Å². The number of benzene rings is 2. The van der Waals surface area contributed by atoms with Crippen molar-refractivity contribution in [1.82, 2.24) is 4.90 Å². The van der Waals surface area contributed by atoms with Crippen molar-refractivity contribution < 1.29 is 19.1 Å². The maximum atomic E-state index is 12.9. The van der Waals surface area contributed by atoms with Crippen molar-refractivity contribution in [2.75, 3.05) is 31.6 Å². The second-order valence-electron chi connectivity index (χ2n) is 7.29. The first-order valence-corrected chi connectivity index (χ1v) is 10.9. The SMILES string of the molecule is CCOc1ccc(/C=C/C(=O)Nc2ccccc2C(=O)N2CCCCC2)cc1OCC. The smallest absolute Gasteiger partial charge is 0.255 e. The highest BCUT2D eigenvalue weighted by Gasteiger charge is 2.20. The molecular formula is C25H30N2O4. The van der Waals surface area contributed by atoms with E-state index in [-0.39, 0.29) is 11.8 Å². The van der Waals surface area contributed by atoms with E-state index in [0.717, 1.165) is 37.9 Å². The fourth-order valence-electron chi connectivity index (χ4n) is 3.56. The molecule has 6 nitrogen and oxygen atoms in total. The standard InChI is InChI=1S/C25H30N2O4/c1-3-30-22-14-12-19(18-23(22)31-4-2)13-15-24(28)26-21-11-7-6-10-20(21)25(29)27-16-8-5-9-17-27/h6-7,10-15,18H,3-5,8-9,16-17H2,1-2H3,(H,26,28)/b15-13+. The maximum Gasteiger partial charge on any atom is 0.255 e. The number of rotatable bonds is 8. The number of nitrogens with zero attached hydrogens (tertiary/aromatic N) is 1. The molecule has 31 heavy (non-hydrogen) atoms. The highest BCUT2D eigenvalue weighted by molar-refractivity contribution is 6.07. The number of amides is 2. The third-order valence-electron chi connectivity index (χ3n) is 5.05. The summed E-state index contributed by atoms with van der Waals surface area (Å²) in [6, 6.07) is 12.7. The van der Waals surface area contributed by atoms with Gasteiger partial charge >= 0.3 is 0 Å². The topological polar surface area (TPSA) is 67.9 Å². The Bertz CT molecular complexity index is 933. The van der Waals surface area contributed by atoms with Gasteiger partial charge in [-0.15, -0.1) is 0 Å². The van der Waals surface area contributed by atoms with Crippen LogP contribution in [0.15, 0.2) is 48.5 Å². The van der Waals surface area contributed by atoms with Gasteiger partial charge < -0.3 is 19.7 Å². The van der Waals surface area contributed by atoms with E-state index in [1.807, 2.05) is 49.1 Å². The van der Waals surface area contributed by atoms with Crippen LogP contribution in [0.3, 0.4) is 0 Å². The monoisotopic (exact) mass is 422 g/mol. The highest BCUT2D eigenvalue weighted by Crippen LogP contribution is 2.29. The number of carbonyl (C=O) groups is 2. The molecule has 0 spiro atoms. The van der Waals surface area contributed by atoms with Gasteiger partial charge in [0.05, 0.1) is 24.5 Å². The minimum absolute atomic E-state index is 0.0348. The minimum atomic E-state index is -0.300. The zero-order chi connectivity index (χ0) is 22.1. The number of para-hydroxylation sites is 1. The molecule has 164 valence electrons. The zero-order valence-corrected chi connectivity index (χ0v) is 18.2. The molecule has 1 aliphatic heterocycles. The predicted molar refractivity (Wildman–Crippen MR) is 123 cm³/mol. The van der Waals surface area contributed by atoms with Gasteiger partial charge in [0.1, 0.15) is 0 Å². The third kappa shape index (κ3) is 6.10. The fraction of sp³-hybridized carbons (Fsp3) is 0.360. The molecule has 1 fully saturated rings. The lowest BCUT2D eigenvalue weighted by molar-refractivity contribution is -0.111. The first-order chi connectivity index (χ1) is 15.1. The van der Waals surface area contributed by atoms with Crippen molar-refractivity contribution in [3.63, 3.8) is 0 Å². The van der Waals surface area contributed by atoms with Gasteiger partial charge in [0.2, 0.25) is 5.91 Å². The molecule has 1 N–H and O–H groups in total. The Balaban J connectivity index is 1.70. The van der Waals surface area contributed by atoms with Crippen LogP contribution in [0.1, 0.15) is 49.0 Å². The molecule has 3 rings (SSSR count). The Morgan fingerprint density at radius 3 is 2.42 bits per heavy atom. The van der Waals surface area contributed by atoms with Gasteiger partial charge in [0.15, 0.2) is 11.5 Å². The molecule has 2 aromatic carbocycles. The number of carbonyl (C=O) groups excluding carboxylic acids is 2. The molecule has 0 aliphatic carbocycles. The quantitative estimate of drug-likeness (QED) is 0.623. The number of piperidine rings is 1. The molecule has 1 aliphatic rings. The minimum Gasteiger partial charge on any atom is -0.490 e. The van der Waals surface area contributed by atoms with Gasteiger partial charge in [-0.2, -0.15) is 0 Å². The van der Waals surface area contributed by atoms with E-state index >= 15 is 0 Å². The van der Waals surface area contributed by atoms with E-state index in [1.165, 1.54) is 6.08 Å². The average Bonchev–Trinajstić information content (AvgIpc) is 2.80. The van der Waals surface area contributed by atoms with Crippen molar-refractivity contribution in [3.05, 3.63) is 59.7 Å². The Morgan fingerprint density at radius 1 is 0.968 bits per heavy atom. The number of ether oxygens (including phenoxy) is 2. The van der Waals surface area contributed by atoms with Crippen LogP contribution in [0.2, 0.25) is 0 Å². The van der Waals surface area contributed by atoms with E-state index < -0.39 is 0 Å². The summed E-state index contributed by atoms with van der Waals surface area (Å²) >= 11 is 0. The van der Waals surface area contributed by atoms with E-state index in [4.69, 9.17) is 9.47 Å². The van der Waals surface area contributed by atoms with Crippen LogP contribution in [-0.4, -0.2) is 43.0 Å². The molecule has 0 aromatic heterocycles. The second-order valence-corrected chi connectivity index (χ2v) is 7.29. The third-order valence-corrected chi connectivity index (χ3v) is 5.05. The lowest BCUT2D eigenvalue weighted by Gasteiger charge is -2.27. The molecule has 0 radical (unpaired) electrons. The number of hydrogen-bond acceptors (Lipinski definition) is 4. The zero-order valence-electron chi connectivity index (χ0n) is 18.2. The van der Waals surface area contributed by atoms with E-state index in [2.05, 4.69) is 5.32 Å². The van der Waals surface area contributed by atoms with Gasteiger partial charge in [-0.1, -0.05) is 18.2 Å². The van der Waals surface area contributed by atoms with Crippen LogP contribution >= 0.6 is 0 Å². The fourth-order valence-corrected chi connectivity index (χ4v) is 3.56. The summed E-state index contributed by atoms with van der Waals surface area (Å²) in [4.78, 5) is 27.3. The summed E-state index contributed by atoms with van der Waals surface area (Å²) in [7, 11) is 0. The second kappa shape index (κ2) is 11.2. The van der Waals surface area contributed by atoms with Gasteiger partial charge in [-0.05, 0) is 69.0 Å². The molecule has 0 bridgehead atoms. The summed E-state index contributed by atoms with van der Waals surface area (Å²) in [6.07, 6.45) is 6.36. The molecular weight excluding hydrogens is 392 g/mol. The highest BCUT2D eigenvalue weighted by atomic mass is 16.5. The lowest BCUT2D eigenvalue weighted by Crippen LogP contribution is -2.36. The molecule has 0 unspecified atom stereocenters. The van der Waals surface area contributed by atoms with Crippen LogP contribution in [0, 0.1) is 0 Å². The van der Waals surface area contributed by atoms with Gasteiger partial charge in [0, 0.05) is 19.2 Å². The lowest BCUT2D eigenvalue weighted by atomic mass is 10.1. The van der Waals surface area contributed by atoms with Gasteiger partial charge in [-0.3, -0.25) is 9.59 Å². The van der Waals surface area contributed by atoms with E-state index in [1.54, 1.807) is 18.2 Å². The molecule has 2 amide bonds. The Hall–Kier alpha value is -3.28. The Morgan fingerprint density at radius 2 is 1.68 bits per heavy atom. The van der Waals surface area contributed by atoms with Gasteiger partial charge in [0.25, 0.3) is 5.91 Å². The number of likely N-dealkylation sites (tertiary alicyclic amines) is 1. The van der Waals surface area contributed by atoms with E-state index in [0.29, 0.717) is 36.0 Å². The van der Waals surface area contributed by atoms with Crippen LogP contribution < -0.4 is 14.8 Å². The van der Waals surface area contributed by atoms with Crippen molar-refractivity contribution in [1.29, 1.82) is 0 Å². The molecule has 0 atom stereocenters. The molecule has 2 aromatic rings. The van der Waals surface area contributed by atoms with E-state index in [9.17, 15) is 9.59 Å². The summed E-state index contributed by atoms with van der Waals surface area (Å²) in [5, 5.41) is 2.84. The number of nitrogens with one attached hydrogen (secondary N) is 1. The molecule has 6 heteroatoms. The van der Waals surface area contributed by atoms with Crippen molar-refractivity contribution in [3.8, 4) is 11.5 Å².